The SMILES string of the molecule is O=C(NC1CC1)c1ccc(-c2[nH]c3ncnc(NCC4CCCO4)c3c2-c2ccccc2)cc1. The van der Waals surface area contributed by atoms with Crippen molar-refractivity contribution in [1.82, 2.24) is 20.3 Å². The minimum Gasteiger partial charge on any atom is -0.376 e. The molecule has 1 amide bonds. The van der Waals surface area contributed by atoms with Gasteiger partial charge in [0.05, 0.1) is 17.2 Å². The van der Waals surface area contributed by atoms with Crippen LogP contribution in [0, 0.1) is 0 Å². The van der Waals surface area contributed by atoms with E-state index in [1.807, 2.05) is 42.5 Å². The molecule has 0 bridgehead atoms. The lowest BCUT2D eigenvalue weighted by atomic mass is 9.98. The van der Waals surface area contributed by atoms with Crippen molar-refractivity contribution in [1.29, 1.82) is 0 Å². The fraction of sp³-hybridized carbons (Fsp3) is 0.296. The number of hydrogen-bond acceptors (Lipinski definition) is 5. The molecule has 2 aromatic carbocycles. The minimum absolute atomic E-state index is 0.0135. The van der Waals surface area contributed by atoms with Crippen molar-refractivity contribution in [2.45, 2.75) is 37.8 Å². The van der Waals surface area contributed by atoms with Crippen molar-refractivity contribution in [3.8, 4) is 22.4 Å². The molecule has 2 aliphatic rings. The Hall–Kier alpha value is -3.71. The van der Waals surface area contributed by atoms with Crippen LogP contribution in [0.1, 0.15) is 36.0 Å². The highest BCUT2D eigenvalue weighted by Crippen LogP contribution is 2.40. The number of rotatable bonds is 7. The average Bonchev–Trinajstić information content (AvgIpc) is 3.38. The molecule has 1 aliphatic carbocycles. The molecule has 1 atom stereocenters. The number of aromatic amines is 1. The predicted molar refractivity (Wildman–Crippen MR) is 133 cm³/mol. The monoisotopic (exact) mass is 453 g/mol. The molecule has 7 nitrogen and oxygen atoms in total. The third-order valence-electron chi connectivity index (χ3n) is 6.52. The Bertz CT molecular complexity index is 1310. The molecule has 2 fully saturated rings. The van der Waals surface area contributed by atoms with Crippen molar-refractivity contribution in [3.05, 3.63) is 66.5 Å². The summed E-state index contributed by atoms with van der Waals surface area (Å²) in [6, 6.07) is 18.4. The van der Waals surface area contributed by atoms with Gasteiger partial charge in [-0.2, -0.15) is 0 Å². The van der Waals surface area contributed by atoms with E-state index in [9.17, 15) is 4.79 Å². The molecule has 2 aromatic heterocycles. The van der Waals surface area contributed by atoms with E-state index in [0.717, 1.165) is 71.5 Å². The fourth-order valence-corrected chi connectivity index (χ4v) is 4.57. The number of benzene rings is 2. The fourth-order valence-electron chi connectivity index (χ4n) is 4.57. The summed E-state index contributed by atoms with van der Waals surface area (Å²) in [6.07, 6.45) is 6.10. The summed E-state index contributed by atoms with van der Waals surface area (Å²) in [6.45, 7) is 1.54. The average molecular weight is 454 g/mol. The number of fused-ring (bicyclic) bond motifs is 1. The summed E-state index contributed by atoms with van der Waals surface area (Å²) >= 11 is 0. The predicted octanol–water partition coefficient (Wildman–Crippen LogP) is 4.78. The Morgan fingerprint density at radius 1 is 1.00 bits per heavy atom. The second-order valence-electron chi connectivity index (χ2n) is 9.03. The highest BCUT2D eigenvalue weighted by Gasteiger charge is 2.24. The molecular weight excluding hydrogens is 426 g/mol. The molecule has 3 N–H and O–H groups in total. The first kappa shape index (κ1) is 20.9. The highest BCUT2D eigenvalue weighted by molar-refractivity contribution is 6.07. The molecule has 34 heavy (non-hydrogen) atoms. The number of hydrogen-bond donors (Lipinski definition) is 3. The number of nitrogens with one attached hydrogen (secondary N) is 3. The van der Waals surface area contributed by atoms with Gasteiger partial charge >= 0.3 is 0 Å². The number of aromatic nitrogens is 3. The zero-order valence-corrected chi connectivity index (χ0v) is 18.9. The number of carbonyl (C=O) groups excluding carboxylic acids is 1. The Morgan fingerprint density at radius 3 is 2.56 bits per heavy atom. The molecule has 1 saturated carbocycles. The second-order valence-corrected chi connectivity index (χ2v) is 9.03. The lowest BCUT2D eigenvalue weighted by molar-refractivity contribution is 0.0951. The van der Waals surface area contributed by atoms with E-state index in [2.05, 4.69) is 37.7 Å². The van der Waals surface area contributed by atoms with Gasteiger partial charge in [-0.05, 0) is 48.9 Å². The summed E-state index contributed by atoms with van der Waals surface area (Å²) in [5.41, 5.74) is 5.51. The summed E-state index contributed by atoms with van der Waals surface area (Å²) in [4.78, 5) is 25.1. The molecule has 0 spiro atoms. The Balaban J connectivity index is 1.41. The maximum Gasteiger partial charge on any atom is 0.251 e. The van der Waals surface area contributed by atoms with Crippen LogP contribution in [0.2, 0.25) is 0 Å². The largest absolute Gasteiger partial charge is 0.376 e. The third-order valence-corrected chi connectivity index (χ3v) is 6.52. The quantitative estimate of drug-likeness (QED) is 0.375. The Morgan fingerprint density at radius 2 is 1.82 bits per heavy atom. The van der Waals surface area contributed by atoms with E-state index in [4.69, 9.17) is 4.74 Å². The van der Waals surface area contributed by atoms with Crippen molar-refractivity contribution >= 4 is 22.8 Å². The highest BCUT2D eigenvalue weighted by atomic mass is 16.5. The number of carbonyl (C=O) groups is 1. The van der Waals surface area contributed by atoms with Gasteiger partial charge in [0.2, 0.25) is 0 Å². The summed E-state index contributed by atoms with van der Waals surface area (Å²) in [5, 5.41) is 7.51. The van der Waals surface area contributed by atoms with E-state index >= 15 is 0 Å². The third kappa shape index (κ3) is 4.15. The van der Waals surface area contributed by atoms with Gasteiger partial charge in [0.25, 0.3) is 5.91 Å². The second kappa shape index (κ2) is 8.91. The van der Waals surface area contributed by atoms with E-state index in [-0.39, 0.29) is 12.0 Å². The van der Waals surface area contributed by atoms with Crippen molar-refractivity contribution in [2.75, 3.05) is 18.5 Å². The number of H-pyrrole nitrogens is 1. The summed E-state index contributed by atoms with van der Waals surface area (Å²) in [7, 11) is 0. The number of nitrogens with zero attached hydrogens (tertiary/aromatic N) is 2. The van der Waals surface area contributed by atoms with Crippen LogP contribution in [0.15, 0.2) is 60.9 Å². The Kier molecular flexibility index (Phi) is 5.47. The van der Waals surface area contributed by atoms with Crippen LogP contribution < -0.4 is 10.6 Å². The lowest BCUT2D eigenvalue weighted by Gasteiger charge is -2.13. The molecule has 7 heteroatoms. The first-order valence-corrected chi connectivity index (χ1v) is 11.9. The summed E-state index contributed by atoms with van der Waals surface area (Å²) < 4.78 is 5.79. The molecule has 1 aliphatic heterocycles. The first-order valence-electron chi connectivity index (χ1n) is 11.9. The minimum atomic E-state index is -0.0135. The van der Waals surface area contributed by atoms with Crippen LogP contribution in [0.25, 0.3) is 33.4 Å². The van der Waals surface area contributed by atoms with Gasteiger partial charge in [-0.3, -0.25) is 4.79 Å². The number of anilines is 1. The van der Waals surface area contributed by atoms with Crippen molar-refractivity contribution in [2.24, 2.45) is 0 Å². The number of ether oxygens (including phenoxy) is 1. The van der Waals surface area contributed by atoms with Gasteiger partial charge in [-0.25, -0.2) is 9.97 Å². The van der Waals surface area contributed by atoms with Crippen LogP contribution in [-0.2, 0) is 4.74 Å². The molecule has 1 unspecified atom stereocenters. The van der Waals surface area contributed by atoms with Crippen molar-refractivity contribution < 1.29 is 9.53 Å². The van der Waals surface area contributed by atoms with Gasteiger partial charge < -0.3 is 20.4 Å². The zero-order valence-electron chi connectivity index (χ0n) is 18.9. The van der Waals surface area contributed by atoms with Gasteiger partial charge in [-0.15, -0.1) is 0 Å². The standard InChI is InChI=1S/C27H27N5O2/c33-27(31-20-12-13-20)19-10-8-18(9-11-19)24-22(17-5-2-1-3-6-17)23-25(29-16-30-26(23)32-24)28-15-21-7-4-14-34-21/h1-3,5-6,8-11,16,20-21H,4,7,12-15H2,(H,31,33)(H2,28,29,30,32). The van der Waals surface area contributed by atoms with E-state index in [0.29, 0.717) is 18.2 Å². The number of amides is 1. The maximum absolute atomic E-state index is 12.4. The van der Waals surface area contributed by atoms with Crippen LogP contribution in [0.4, 0.5) is 5.82 Å². The van der Waals surface area contributed by atoms with Crippen LogP contribution >= 0.6 is 0 Å². The van der Waals surface area contributed by atoms with Crippen molar-refractivity contribution in [3.63, 3.8) is 0 Å². The zero-order chi connectivity index (χ0) is 22.9. The van der Waals surface area contributed by atoms with Crippen LogP contribution in [0.3, 0.4) is 0 Å². The normalized spacial score (nSPS) is 17.7. The molecule has 0 radical (unpaired) electrons. The molecule has 4 aromatic rings. The molecule has 3 heterocycles. The smallest absolute Gasteiger partial charge is 0.251 e. The lowest BCUT2D eigenvalue weighted by Crippen LogP contribution is -2.25. The molecule has 172 valence electrons. The van der Waals surface area contributed by atoms with E-state index < -0.39 is 0 Å². The topological polar surface area (TPSA) is 91.9 Å². The molecule has 1 saturated heterocycles. The maximum atomic E-state index is 12.4. The van der Waals surface area contributed by atoms with Gasteiger partial charge in [-0.1, -0.05) is 42.5 Å². The Labute approximate surface area is 198 Å². The summed E-state index contributed by atoms with van der Waals surface area (Å²) in [5.74, 6) is 0.780. The van der Waals surface area contributed by atoms with Crippen LogP contribution in [-0.4, -0.2) is 46.2 Å². The molecular formula is C27H27N5O2. The van der Waals surface area contributed by atoms with Gasteiger partial charge in [0.15, 0.2) is 0 Å². The van der Waals surface area contributed by atoms with Crippen LogP contribution in [0.5, 0.6) is 0 Å². The van der Waals surface area contributed by atoms with Gasteiger partial charge in [0.1, 0.15) is 17.8 Å². The van der Waals surface area contributed by atoms with E-state index in [1.54, 1.807) is 6.33 Å². The van der Waals surface area contributed by atoms with Gasteiger partial charge in [0, 0.05) is 30.3 Å². The first-order chi connectivity index (χ1) is 16.8. The molecule has 6 rings (SSSR count). The van der Waals surface area contributed by atoms with E-state index in [1.165, 1.54) is 0 Å².